The van der Waals surface area contributed by atoms with Gasteiger partial charge in [0.2, 0.25) is 0 Å². The molecule has 0 aliphatic carbocycles. The lowest BCUT2D eigenvalue weighted by Gasteiger charge is -2.30. The minimum Gasteiger partial charge on any atom is -0.469 e. The van der Waals surface area contributed by atoms with Gasteiger partial charge < -0.3 is 14.6 Å². The molecule has 1 aliphatic heterocycles. The predicted octanol–water partition coefficient (Wildman–Crippen LogP) is 3.23. The Morgan fingerprint density at radius 2 is 2.10 bits per heavy atom. The second kappa shape index (κ2) is 5.99. The number of aryl methyl sites for hydroxylation is 1. The molecule has 5 heteroatoms. The summed E-state index contributed by atoms with van der Waals surface area (Å²) in [7, 11) is 0. The van der Waals surface area contributed by atoms with Crippen molar-refractivity contribution in [3.05, 3.63) is 42.1 Å². The fourth-order valence-electron chi connectivity index (χ4n) is 2.70. The molecule has 0 atom stereocenters. The Bertz CT molecular complexity index is 630. The maximum Gasteiger partial charge on any atom is 0.259 e. The minimum absolute atomic E-state index is 0.160. The van der Waals surface area contributed by atoms with E-state index in [0.29, 0.717) is 11.3 Å². The van der Waals surface area contributed by atoms with Gasteiger partial charge in [0, 0.05) is 19.3 Å². The van der Waals surface area contributed by atoms with Crippen molar-refractivity contribution in [2.45, 2.75) is 26.2 Å². The highest BCUT2D eigenvalue weighted by Crippen LogP contribution is 2.28. The third kappa shape index (κ3) is 2.91. The molecule has 3 rings (SSSR count). The fraction of sp³-hybridized carbons (Fsp3) is 0.375. The monoisotopic (exact) mass is 285 g/mol. The molecular formula is C16H19N3O2. The van der Waals surface area contributed by atoms with E-state index in [1.807, 2.05) is 6.07 Å². The summed E-state index contributed by atoms with van der Waals surface area (Å²) in [4.78, 5) is 18.8. The SMILES string of the molecule is Cc1occc1C(=O)Nc1cnccc1N1CCCCC1. The molecule has 3 heterocycles. The van der Waals surface area contributed by atoms with Crippen LogP contribution in [0.5, 0.6) is 0 Å². The predicted molar refractivity (Wildman–Crippen MR) is 81.7 cm³/mol. The van der Waals surface area contributed by atoms with Crippen LogP contribution in [0.15, 0.2) is 35.2 Å². The van der Waals surface area contributed by atoms with Crippen LogP contribution >= 0.6 is 0 Å². The lowest BCUT2D eigenvalue weighted by molar-refractivity contribution is 0.102. The molecular weight excluding hydrogens is 266 g/mol. The molecule has 0 bridgehead atoms. The fourth-order valence-corrected chi connectivity index (χ4v) is 2.70. The van der Waals surface area contributed by atoms with Gasteiger partial charge in [0.15, 0.2) is 0 Å². The minimum atomic E-state index is -0.160. The number of hydrogen-bond donors (Lipinski definition) is 1. The lowest BCUT2D eigenvalue weighted by Crippen LogP contribution is -2.30. The van der Waals surface area contributed by atoms with Crippen LogP contribution in [-0.4, -0.2) is 24.0 Å². The normalized spacial score (nSPS) is 15.0. The molecule has 0 spiro atoms. The van der Waals surface area contributed by atoms with Gasteiger partial charge in [-0.1, -0.05) is 0 Å². The summed E-state index contributed by atoms with van der Waals surface area (Å²) in [5.41, 5.74) is 2.35. The number of pyridine rings is 1. The Balaban J connectivity index is 1.82. The van der Waals surface area contributed by atoms with E-state index >= 15 is 0 Å². The third-order valence-corrected chi connectivity index (χ3v) is 3.85. The van der Waals surface area contributed by atoms with Crippen molar-refractivity contribution < 1.29 is 9.21 Å². The number of amides is 1. The van der Waals surface area contributed by atoms with Gasteiger partial charge in [0.05, 0.1) is 29.4 Å². The standard InChI is InChI=1S/C16H19N3O2/c1-12-13(6-10-21-12)16(20)18-14-11-17-7-5-15(14)19-8-3-2-4-9-19/h5-7,10-11H,2-4,8-9H2,1H3,(H,18,20). The molecule has 5 nitrogen and oxygen atoms in total. The van der Waals surface area contributed by atoms with Gasteiger partial charge in [-0.3, -0.25) is 9.78 Å². The zero-order valence-electron chi connectivity index (χ0n) is 12.1. The smallest absolute Gasteiger partial charge is 0.259 e. The third-order valence-electron chi connectivity index (χ3n) is 3.85. The molecule has 1 fully saturated rings. The first-order valence-electron chi connectivity index (χ1n) is 7.30. The zero-order chi connectivity index (χ0) is 14.7. The molecule has 21 heavy (non-hydrogen) atoms. The van der Waals surface area contributed by atoms with Crippen molar-refractivity contribution in [2.75, 3.05) is 23.3 Å². The average Bonchev–Trinajstić information content (AvgIpc) is 2.95. The highest BCUT2D eigenvalue weighted by Gasteiger charge is 2.17. The van der Waals surface area contributed by atoms with Crippen LogP contribution in [0.1, 0.15) is 35.4 Å². The molecule has 0 saturated carbocycles. The molecule has 0 unspecified atom stereocenters. The van der Waals surface area contributed by atoms with Gasteiger partial charge in [-0.25, -0.2) is 0 Å². The van der Waals surface area contributed by atoms with Crippen molar-refractivity contribution in [3.8, 4) is 0 Å². The Hall–Kier alpha value is -2.30. The van der Waals surface area contributed by atoms with Crippen LogP contribution in [0, 0.1) is 6.92 Å². The van der Waals surface area contributed by atoms with E-state index < -0.39 is 0 Å². The lowest BCUT2D eigenvalue weighted by atomic mass is 10.1. The van der Waals surface area contributed by atoms with Gasteiger partial charge in [-0.15, -0.1) is 0 Å². The maximum absolute atomic E-state index is 12.3. The van der Waals surface area contributed by atoms with E-state index in [4.69, 9.17) is 4.42 Å². The second-order valence-electron chi connectivity index (χ2n) is 5.29. The van der Waals surface area contributed by atoms with Crippen LogP contribution in [0.4, 0.5) is 11.4 Å². The number of carbonyl (C=O) groups is 1. The van der Waals surface area contributed by atoms with Gasteiger partial charge >= 0.3 is 0 Å². The average molecular weight is 285 g/mol. The molecule has 1 N–H and O–H groups in total. The Morgan fingerprint density at radius 1 is 1.29 bits per heavy atom. The number of nitrogens with zero attached hydrogens (tertiary/aromatic N) is 2. The molecule has 0 aromatic carbocycles. The summed E-state index contributed by atoms with van der Waals surface area (Å²) in [6, 6.07) is 3.64. The quantitative estimate of drug-likeness (QED) is 0.940. The van der Waals surface area contributed by atoms with Gasteiger partial charge in [0.1, 0.15) is 5.76 Å². The van der Waals surface area contributed by atoms with Crippen molar-refractivity contribution in [3.63, 3.8) is 0 Å². The Morgan fingerprint density at radius 3 is 2.81 bits per heavy atom. The first kappa shape index (κ1) is 13.7. The second-order valence-corrected chi connectivity index (χ2v) is 5.29. The van der Waals surface area contributed by atoms with E-state index in [9.17, 15) is 4.79 Å². The van der Waals surface area contributed by atoms with Crippen LogP contribution < -0.4 is 10.2 Å². The van der Waals surface area contributed by atoms with E-state index in [1.54, 1.807) is 25.4 Å². The Kier molecular flexibility index (Phi) is 3.90. The maximum atomic E-state index is 12.3. The molecule has 2 aromatic rings. The molecule has 1 saturated heterocycles. The molecule has 1 aliphatic rings. The topological polar surface area (TPSA) is 58.4 Å². The molecule has 1 amide bonds. The number of rotatable bonds is 3. The van der Waals surface area contributed by atoms with Crippen molar-refractivity contribution in [1.82, 2.24) is 4.98 Å². The van der Waals surface area contributed by atoms with E-state index in [2.05, 4.69) is 15.2 Å². The zero-order valence-corrected chi connectivity index (χ0v) is 12.1. The first-order chi connectivity index (χ1) is 10.3. The Labute approximate surface area is 124 Å². The molecule has 110 valence electrons. The van der Waals surface area contributed by atoms with Gasteiger partial charge in [-0.2, -0.15) is 0 Å². The van der Waals surface area contributed by atoms with Crippen LogP contribution in [0.2, 0.25) is 0 Å². The van der Waals surface area contributed by atoms with Crippen molar-refractivity contribution in [2.24, 2.45) is 0 Å². The summed E-state index contributed by atoms with van der Waals surface area (Å²) in [6.45, 7) is 3.83. The van der Waals surface area contributed by atoms with Crippen LogP contribution in [-0.2, 0) is 0 Å². The van der Waals surface area contributed by atoms with Crippen molar-refractivity contribution in [1.29, 1.82) is 0 Å². The summed E-state index contributed by atoms with van der Waals surface area (Å²) >= 11 is 0. The van der Waals surface area contributed by atoms with Crippen LogP contribution in [0.3, 0.4) is 0 Å². The van der Waals surface area contributed by atoms with Gasteiger partial charge in [-0.05, 0) is 38.3 Å². The van der Waals surface area contributed by atoms with Gasteiger partial charge in [0.25, 0.3) is 5.91 Å². The summed E-state index contributed by atoms with van der Waals surface area (Å²) in [6.07, 6.45) is 8.66. The summed E-state index contributed by atoms with van der Waals surface area (Å²) in [5, 5.41) is 2.95. The number of anilines is 2. The summed E-state index contributed by atoms with van der Waals surface area (Å²) < 4.78 is 5.18. The first-order valence-corrected chi connectivity index (χ1v) is 7.30. The number of nitrogens with one attached hydrogen (secondary N) is 1. The van der Waals surface area contributed by atoms with E-state index in [-0.39, 0.29) is 5.91 Å². The van der Waals surface area contributed by atoms with Crippen molar-refractivity contribution >= 4 is 17.3 Å². The number of carbonyl (C=O) groups excluding carboxylic acids is 1. The van der Waals surface area contributed by atoms with E-state index in [1.165, 1.54) is 25.5 Å². The number of aromatic nitrogens is 1. The molecule has 0 radical (unpaired) electrons. The summed E-state index contributed by atoms with van der Waals surface area (Å²) in [5.74, 6) is 0.462. The number of furan rings is 1. The molecule has 2 aromatic heterocycles. The van der Waals surface area contributed by atoms with Crippen LogP contribution in [0.25, 0.3) is 0 Å². The highest BCUT2D eigenvalue weighted by molar-refractivity contribution is 6.06. The largest absolute Gasteiger partial charge is 0.469 e. The van der Waals surface area contributed by atoms with E-state index in [0.717, 1.165) is 24.5 Å². The number of piperidine rings is 1. The highest BCUT2D eigenvalue weighted by atomic mass is 16.3. The number of hydrogen-bond acceptors (Lipinski definition) is 4.